The van der Waals surface area contributed by atoms with Crippen molar-refractivity contribution in [1.82, 2.24) is 5.32 Å². The predicted octanol–water partition coefficient (Wildman–Crippen LogP) is 4.59. The molecule has 4 aromatic carbocycles. The third-order valence-electron chi connectivity index (χ3n) is 5.47. The highest BCUT2D eigenvalue weighted by Crippen LogP contribution is 2.24. The highest BCUT2D eigenvalue weighted by Gasteiger charge is 2.27. The fourth-order valence-corrected chi connectivity index (χ4v) is 5.07. The zero-order valence-electron chi connectivity index (χ0n) is 19.7. The number of nitrogens with one attached hydrogen (secondary N) is 2. The summed E-state index contributed by atoms with van der Waals surface area (Å²) in [7, 11) is -4.15. The van der Waals surface area contributed by atoms with Crippen LogP contribution in [-0.2, 0) is 21.4 Å². The Bertz CT molecular complexity index is 1480. The number of anilines is 2. The first-order chi connectivity index (χ1) is 17.8. The maximum absolute atomic E-state index is 13.5. The van der Waals surface area contributed by atoms with E-state index >= 15 is 0 Å². The van der Waals surface area contributed by atoms with Gasteiger partial charge >= 0.3 is 0 Å². The van der Waals surface area contributed by atoms with Gasteiger partial charge in [0.05, 0.1) is 21.8 Å². The van der Waals surface area contributed by atoms with Gasteiger partial charge in [0.15, 0.2) is 0 Å². The van der Waals surface area contributed by atoms with E-state index in [1.54, 1.807) is 42.5 Å². The van der Waals surface area contributed by atoms with E-state index in [0.717, 1.165) is 22.0 Å². The number of nitrogens with zero attached hydrogens (tertiary/aromatic N) is 1. The van der Waals surface area contributed by atoms with Crippen LogP contribution in [0.15, 0.2) is 114 Å². The molecule has 7 nitrogen and oxygen atoms in total. The molecule has 0 saturated heterocycles. The first kappa shape index (κ1) is 25.6. The second kappa shape index (κ2) is 11.5. The normalized spacial score (nSPS) is 10.9. The van der Waals surface area contributed by atoms with E-state index in [9.17, 15) is 22.4 Å². The third kappa shape index (κ3) is 6.39. The van der Waals surface area contributed by atoms with Crippen LogP contribution >= 0.6 is 0 Å². The molecule has 0 fully saturated rings. The lowest BCUT2D eigenvalue weighted by atomic mass is 10.1. The number of sulfonamides is 1. The Hall–Kier alpha value is -4.50. The number of benzene rings is 4. The molecule has 4 rings (SSSR count). The van der Waals surface area contributed by atoms with Crippen LogP contribution in [0.2, 0.25) is 0 Å². The van der Waals surface area contributed by atoms with Crippen molar-refractivity contribution in [3.05, 3.63) is 126 Å². The molecule has 0 aromatic heterocycles. The lowest BCUT2D eigenvalue weighted by molar-refractivity contribution is -0.114. The van der Waals surface area contributed by atoms with Crippen LogP contribution in [0.5, 0.6) is 0 Å². The predicted molar refractivity (Wildman–Crippen MR) is 140 cm³/mol. The minimum absolute atomic E-state index is 0.0205. The van der Waals surface area contributed by atoms with Crippen LogP contribution < -0.4 is 14.9 Å². The van der Waals surface area contributed by atoms with Crippen LogP contribution in [0.3, 0.4) is 0 Å². The standard InChI is InChI=1S/C28H24FN3O4S/c29-22-15-17-23(18-16-22)32(37(35,36)24-11-5-2-6-12-24)20-27(33)31-26-14-8-7-13-25(26)28(34)30-19-21-9-3-1-4-10-21/h1-18H,19-20H2,(H,30,34)(H,31,33). The van der Waals surface area contributed by atoms with Crippen LogP contribution in [-0.4, -0.2) is 26.8 Å². The summed E-state index contributed by atoms with van der Waals surface area (Å²) in [6, 6.07) is 28.3. The molecular weight excluding hydrogens is 493 g/mol. The molecule has 0 aliphatic carbocycles. The monoisotopic (exact) mass is 517 g/mol. The van der Waals surface area contributed by atoms with E-state index in [-0.39, 0.29) is 21.8 Å². The molecule has 2 amide bonds. The highest BCUT2D eigenvalue weighted by molar-refractivity contribution is 7.92. The van der Waals surface area contributed by atoms with Crippen molar-refractivity contribution >= 4 is 33.2 Å². The van der Waals surface area contributed by atoms with Gasteiger partial charge in [-0.1, -0.05) is 60.7 Å². The number of amides is 2. The average molecular weight is 518 g/mol. The minimum Gasteiger partial charge on any atom is -0.348 e. The van der Waals surface area contributed by atoms with E-state index in [1.165, 1.54) is 24.3 Å². The minimum atomic E-state index is -4.15. The molecule has 0 aliphatic rings. The number of rotatable bonds is 9. The maximum Gasteiger partial charge on any atom is 0.264 e. The fourth-order valence-electron chi connectivity index (χ4n) is 3.63. The largest absolute Gasteiger partial charge is 0.348 e. The van der Waals surface area contributed by atoms with Gasteiger partial charge in [-0.2, -0.15) is 0 Å². The van der Waals surface area contributed by atoms with E-state index in [1.807, 2.05) is 30.3 Å². The van der Waals surface area contributed by atoms with Crippen molar-refractivity contribution in [3.8, 4) is 0 Å². The Kier molecular flexibility index (Phi) is 7.95. The molecule has 2 N–H and O–H groups in total. The van der Waals surface area contributed by atoms with Gasteiger partial charge in [0.2, 0.25) is 5.91 Å². The molecule has 0 bridgehead atoms. The van der Waals surface area contributed by atoms with Crippen molar-refractivity contribution in [2.24, 2.45) is 0 Å². The lowest BCUT2D eigenvalue weighted by Gasteiger charge is -2.24. The number of halogens is 1. The molecule has 0 atom stereocenters. The fraction of sp³-hybridized carbons (Fsp3) is 0.0714. The molecule has 0 aliphatic heterocycles. The summed E-state index contributed by atoms with van der Waals surface area (Å²) in [5.74, 6) is -1.61. The maximum atomic E-state index is 13.5. The molecule has 0 spiro atoms. The third-order valence-corrected chi connectivity index (χ3v) is 7.26. The number of carbonyl (C=O) groups excluding carboxylic acids is 2. The molecule has 188 valence electrons. The van der Waals surface area contributed by atoms with Crippen LogP contribution in [0.25, 0.3) is 0 Å². The summed E-state index contributed by atoms with van der Waals surface area (Å²) in [6.45, 7) is -0.293. The summed E-state index contributed by atoms with van der Waals surface area (Å²) in [4.78, 5) is 25.9. The van der Waals surface area contributed by atoms with Gasteiger partial charge < -0.3 is 10.6 Å². The second-order valence-electron chi connectivity index (χ2n) is 8.06. The van der Waals surface area contributed by atoms with Crippen LogP contribution in [0.4, 0.5) is 15.8 Å². The molecule has 0 unspecified atom stereocenters. The summed E-state index contributed by atoms with van der Waals surface area (Å²) in [6.07, 6.45) is 0. The van der Waals surface area contributed by atoms with Crippen molar-refractivity contribution in [2.75, 3.05) is 16.2 Å². The molecule has 37 heavy (non-hydrogen) atoms. The van der Waals surface area contributed by atoms with Crippen LogP contribution in [0.1, 0.15) is 15.9 Å². The number of para-hydroxylation sites is 1. The van der Waals surface area contributed by atoms with E-state index < -0.39 is 34.2 Å². The second-order valence-corrected chi connectivity index (χ2v) is 9.93. The quantitative estimate of drug-likeness (QED) is 0.340. The number of hydrogen-bond donors (Lipinski definition) is 2. The Balaban J connectivity index is 1.55. The summed E-state index contributed by atoms with van der Waals surface area (Å²) in [5, 5.41) is 5.46. The Morgan fingerprint density at radius 1 is 0.757 bits per heavy atom. The van der Waals surface area contributed by atoms with Gasteiger partial charge in [0, 0.05) is 6.54 Å². The topological polar surface area (TPSA) is 95.6 Å². The van der Waals surface area contributed by atoms with Gasteiger partial charge in [-0.15, -0.1) is 0 Å². The van der Waals surface area contributed by atoms with Crippen molar-refractivity contribution in [3.63, 3.8) is 0 Å². The first-order valence-corrected chi connectivity index (χ1v) is 12.8. The van der Waals surface area contributed by atoms with E-state index in [4.69, 9.17) is 0 Å². The Morgan fingerprint density at radius 2 is 1.35 bits per heavy atom. The smallest absolute Gasteiger partial charge is 0.264 e. The summed E-state index contributed by atoms with van der Waals surface area (Å²) >= 11 is 0. The van der Waals surface area contributed by atoms with Crippen molar-refractivity contribution < 1.29 is 22.4 Å². The van der Waals surface area contributed by atoms with Crippen molar-refractivity contribution in [2.45, 2.75) is 11.4 Å². The van der Waals surface area contributed by atoms with Gasteiger partial charge in [0.1, 0.15) is 12.4 Å². The SMILES string of the molecule is O=C(CN(c1ccc(F)cc1)S(=O)(=O)c1ccccc1)Nc1ccccc1C(=O)NCc1ccccc1. The zero-order valence-corrected chi connectivity index (χ0v) is 20.5. The van der Waals surface area contributed by atoms with Crippen LogP contribution in [0, 0.1) is 5.82 Å². The molecule has 9 heteroatoms. The Morgan fingerprint density at radius 3 is 2.03 bits per heavy atom. The van der Waals surface area contributed by atoms with Gasteiger partial charge in [-0.3, -0.25) is 13.9 Å². The van der Waals surface area contributed by atoms with Gasteiger partial charge in [0.25, 0.3) is 15.9 Å². The number of hydrogen-bond acceptors (Lipinski definition) is 4. The highest BCUT2D eigenvalue weighted by atomic mass is 32.2. The van der Waals surface area contributed by atoms with E-state index in [2.05, 4.69) is 10.6 Å². The summed E-state index contributed by atoms with van der Waals surface area (Å²) < 4.78 is 41.2. The van der Waals surface area contributed by atoms with Gasteiger partial charge in [-0.05, 0) is 54.1 Å². The first-order valence-electron chi connectivity index (χ1n) is 11.4. The molecule has 4 aromatic rings. The van der Waals surface area contributed by atoms with E-state index in [0.29, 0.717) is 6.54 Å². The zero-order chi connectivity index (χ0) is 26.3. The molecule has 0 radical (unpaired) electrons. The van der Waals surface area contributed by atoms with Gasteiger partial charge in [-0.25, -0.2) is 12.8 Å². The lowest BCUT2D eigenvalue weighted by Crippen LogP contribution is -2.38. The average Bonchev–Trinajstić information content (AvgIpc) is 2.92. The Labute approximate surface area is 214 Å². The molecular formula is C28H24FN3O4S. The van der Waals surface area contributed by atoms with Crippen molar-refractivity contribution in [1.29, 1.82) is 0 Å². The number of carbonyl (C=O) groups is 2. The molecule has 0 heterocycles. The molecule has 0 saturated carbocycles. The summed E-state index contributed by atoms with van der Waals surface area (Å²) in [5.41, 5.74) is 1.49.